The van der Waals surface area contributed by atoms with Gasteiger partial charge >= 0.3 is 0 Å². The zero-order chi connectivity index (χ0) is 18.8. The largest absolute Gasteiger partial charge is 0.369 e. The molecule has 138 valence electrons. The van der Waals surface area contributed by atoms with Crippen LogP contribution in [0.4, 0.5) is 0 Å². The van der Waals surface area contributed by atoms with E-state index in [1.54, 1.807) is 0 Å². The first-order valence-electron chi connectivity index (χ1n) is 9.86. The van der Waals surface area contributed by atoms with Gasteiger partial charge in [0.25, 0.3) is 0 Å². The van der Waals surface area contributed by atoms with Gasteiger partial charge in [0, 0.05) is 30.1 Å². The summed E-state index contributed by atoms with van der Waals surface area (Å²) in [6.07, 6.45) is 7.61. The Balaban J connectivity index is 1.58. The van der Waals surface area contributed by atoms with Crippen molar-refractivity contribution >= 4 is 5.91 Å². The van der Waals surface area contributed by atoms with E-state index < -0.39 is 0 Å². The van der Waals surface area contributed by atoms with Gasteiger partial charge in [-0.1, -0.05) is 24.3 Å². The second-order valence-electron chi connectivity index (χ2n) is 7.91. The van der Waals surface area contributed by atoms with E-state index in [-0.39, 0.29) is 11.9 Å². The molecule has 2 aliphatic carbocycles. The summed E-state index contributed by atoms with van der Waals surface area (Å²) in [6, 6.07) is 10.7. The van der Waals surface area contributed by atoms with E-state index in [2.05, 4.69) is 23.0 Å². The van der Waals surface area contributed by atoms with Crippen molar-refractivity contribution in [1.29, 1.82) is 0 Å². The van der Waals surface area contributed by atoms with Crippen molar-refractivity contribution in [3.05, 3.63) is 75.4 Å². The van der Waals surface area contributed by atoms with E-state index in [9.17, 15) is 4.79 Å². The molecule has 1 aromatic carbocycles. The number of carbonyl (C=O) groups excluding carboxylic acids is 1. The number of aromatic nitrogens is 1. The van der Waals surface area contributed by atoms with Crippen LogP contribution in [0.2, 0.25) is 0 Å². The van der Waals surface area contributed by atoms with Crippen molar-refractivity contribution in [2.45, 2.75) is 63.3 Å². The minimum Gasteiger partial charge on any atom is -0.369 e. The van der Waals surface area contributed by atoms with Gasteiger partial charge in [0.1, 0.15) is 0 Å². The molecule has 0 saturated heterocycles. The normalized spacial score (nSPS) is 21.0. The van der Waals surface area contributed by atoms with Gasteiger partial charge in [-0.2, -0.15) is 0 Å². The van der Waals surface area contributed by atoms with Crippen molar-refractivity contribution in [1.82, 2.24) is 4.98 Å². The number of rotatable bonds is 5. The summed E-state index contributed by atoms with van der Waals surface area (Å²) in [5.74, 6) is 0.139. The summed E-state index contributed by atoms with van der Waals surface area (Å²) in [6.45, 7) is 7.30. The number of primary amides is 1. The average molecular weight is 359 g/mol. The van der Waals surface area contributed by atoms with Crippen molar-refractivity contribution in [2.75, 3.05) is 0 Å². The summed E-state index contributed by atoms with van der Waals surface area (Å²) in [4.78, 5) is 19.8. The minimum atomic E-state index is -0.298. The van der Waals surface area contributed by atoms with Gasteiger partial charge < -0.3 is 10.6 Å². The monoisotopic (exact) mass is 359 g/mol. The molecule has 1 saturated carbocycles. The maximum absolute atomic E-state index is 11.1. The molecule has 4 heteroatoms. The van der Waals surface area contributed by atoms with Crippen molar-refractivity contribution < 1.29 is 4.79 Å². The Morgan fingerprint density at radius 1 is 1.19 bits per heavy atom. The van der Waals surface area contributed by atoms with E-state index in [0.717, 1.165) is 44.1 Å². The van der Waals surface area contributed by atoms with Crippen LogP contribution in [0.1, 0.15) is 65.2 Å². The Morgan fingerprint density at radius 3 is 2.67 bits per heavy atom. The van der Waals surface area contributed by atoms with Crippen LogP contribution in [0, 0.1) is 6.57 Å². The molecule has 0 spiro atoms. The first-order chi connectivity index (χ1) is 13.1. The lowest BCUT2D eigenvalue weighted by atomic mass is 9.94. The van der Waals surface area contributed by atoms with Crippen molar-refractivity contribution in [3.8, 4) is 0 Å². The Labute approximate surface area is 160 Å². The second-order valence-corrected chi connectivity index (χ2v) is 7.91. The third-order valence-corrected chi connectivity index (χ3v) is 5.96. The first-order valence-corrected chi connectivity index (χ1v) is 9.86. The van der Waals surface area contributed by atoms with Crippen LogP contribution >= 0.6 is 0 Å². The predicted molar refractivity (Wildman–Crippen MR) is 105 cm³/mol. The fraction of sp³-hybridized carbons (Fsp3) is 0.435. The number of pyridine rings is 1. The van der Waals surface area contributed by atoms with E-state index in [1.165, 1.54) is 34.5 Å². The molecule has 0 radical (unpaired) electrons. The Bertz CT molecular complexity index is 895. The molecule has 2 aliphatic rings. The number of nitrogens with zero attached hydrogens (tertiary/aromatic N) is 2. The Kier molecular flexibility index (Phi) is 4.94. The van der Waals surface area contributed by atoms with Crippen LogP contribution in [0.15, 0.2) is 30.3 Å². The van der Waals surface area contributed by atoms with Gasteiger partial charge in [-0.05, 0) is 60.4 Å². The SMILES string of the molecule is [C-]#[N+]C1CCC(c2cc(Cc3ccc(CC(N)=O)cc3)c3c(n2)CCC3)C1. The highest BCUT2D eigenvalue weighted by molar-refractivity contribution is 5.76. The van der Waals surface area contributed by atoms with Crippen LogP contribution in [0.5, 0.6) is 0 Å². The number of aryl methyl sites for hydroxylation is 1. The van der Waals surface area contributed by atoms with Crippen LogP contribution in [0.25, 0.3) is 4.85 Å². The maximum Gasteiger partial charge on any atom is 0.224 e. The summed E-state index contributed by atoms with van der Waals surface area (Å²) in [7, 11) is 0. The fourth-order valence-corrected chi connectivity index (χ4v) is 4.56. The summed E-state index contributed by atoms with van der Waals surface area (Å²) >= 11 is 0. The fourth-order valence-electron chi connectivity index (χ4n) is 4.56. The molecule has 0 bridgehead atoms. The first kappa shape index (κ1) is 17.7. The predicted octanol–water partition coefficient (Wildman–Crippen LogP) is 3.74. The van der Waals surface area contributed by atoms with E-state index in [4.69, 9.17) is 17.3 Å². The molecule has 4 nitrogen and oxygen atoms in total. The molecule has 1 aromatic heterocycles. The van der Waals surface area contributed by atoms with Crippen LogP contribution in [-0.4, -0.2) is 16.9 Å². The topological polar surface area (TPSA) is 60.3 Å². The lowest BCUT2D eigenvalue weighted by Crippen LogP contribution is -2.13. The lowest BCUT2D eigenvalue weighted by molar-refractivity contribution is -0.117. The minimum absolute atomic E-state index is 0.173. The van der Waals surface area contributed by atoms with Crippen LogP contribution in [-0.2, 0) is 30.5 Å². The smallest absolute Gasteiger partial charge is 0.224 e. The van der Waals surface area contributed by atoms with Crippen molar-refractivity contribution in [3.63, 3.8) is 0 Å². The van der Waals surface area contributed by atoms with Gasteiger partial charge in [0.05, 0.1) is 6.42 Å². The molecule has 0 aliphatic heterocycles. The van der Waals surface area contributed by atoms with Crippen LogP contribution < -0.4 is 5.73 Å². The van der Waals surface area contributed by atoms with E-state index in [1.807, 2.05) is 12.1 Å². The summed E-state index contributed by atoms with van der Waals surface area (Å²) in [5, 5.41) is 0. The molecule has 2 unspecified atom stereocenters. The van der Waals surface area contributed by atoms with Crippen molar-refractivity contribution in [2.24, 2.45) is 5.73 Å². The number of fused-ring (bicyclic) bond motifs is 1. The number of carbonyl (C=O) groups is 1. The van der Waals surface area contributed by atoms with E-state index >= 15 is 0 Å². The highest BCUT2D eigenvalue weighted by Gasteiger charge is 2.31. The highest BCUT2D eigenvalue weighted by Crippen LogP contribution is 2.37. The average Bonchev–Trinajstić information content (AvgIpc) is 3.32. The Morgan fingerprint density at radius 2 is 1.96 bits per heavy atom. The number of hydrogen-bond donors (Lipinski definition) is 1. The summed E-state index contributed by atoms with van der Waals surface area (Å²) in [5.41, 5.74) is 12.8. The van der Waals surface area contributed by atoms with Crippen LogP contribution in [0.3, 0.4) is 0 Å². The zero-order valence-electron chi connectivity index (χ0n) is 15.6. The van der Waals surface area contributed by atoms with E-state index in [0.29, 0.717) is 12.3 Å². The van der Waals surface area contributed by atoms with Gasteiger partial charge in [0.15, 0.2) is 0 Å². The van der Waals surface area contributed by atoms with Gasteiger partial charge in [-0.15, -0.1) is 0 Å². The highest BCUT2D eigenvalue weighted by atomic mass is 16.1. The van der Waals surface area contributed by atoms with Gasteiger partial charge in [-0.3, -0.25) is 9.78 Å². The number of amides is 1. The molecule has 4 rings (SSSR count). The second kappa shape index (κ2) is 7.52. The molecule has 2 aromatic rings. The molecule has 27 heavy (non-hydrogen) atoms. The maximum atomic E-state index is 11.1. The zero-order valence-corrected chi connectivity index (χ0v) is 15.6. The number of hydrogen-bond acceptors (Lipinski definition) is 2. The summed E-state index contributed by atoms with van der Waals surface area (Å²) < 4.78 is 0. The van der Waals surface area contributed by atoms with Gasteiger partial charge in [0.2, 0.25) is 11.9 Å². The third kappa shape index (κ3) is 3.88. The lowest BCUT2D eigenvalue weighted by Gasteiger charge is -2.15. The molecule has 2 N–H and O–H groups in total. The molecular formula is C23H25N3O. The Hall–Kier alpha value is -2.67. The molecule has 2 atom stereocenters. The number of benzene rings is 1. The van der Waals surface area contributed by atoms with Gasteiger partial charge in [-0.25, -0.2) is 6.57 Å². The molecule has 1 heterocycles. The third-order valence-electron chi connectivity index (χ3n) is 5.96. The number of nitrogens with two attached hydrogens (primary N) is 1. The molecular weight excluding hydrogens is 334 g/mol. The molecule has 1 fully saturated rings. The quantitative estimate of drug-likeness (QED) is 0.827. The standard InChI is InChI=1S/C23H25N3O/c1-25-19-10-9-17(13-19)22-14-18(20-3-2-4-21(20)26-22)11-15-5-7-16(8-6-15)12-23(24)27/h5-8,14,17,19H,2-4,9-13H2,(H2,24,27). The molecule has 1 amide bonds.